The zero-order valence-corrected chi connectivity index (χ0v) is 7.35. The van der Waals surface area contributed by atoms with Crippen molar-refractivity contribution in [2.24, 2.45) is 0 Å². The molecule has 1 saturated carbocycles. The van der Waals surface area contributed by atoms with Gasteiger partial charge in [0.25, 0.3) is 0 Å². The minimum absolute atomic E-state index is 0.381. The van der Waals surface area contributed by atoms with Crippen molar-refractivity contribution >= 4 is 0 Å². The van der Waals surface area contributed by atoms with Crippen molar-refractivity contribution in [3.63, 3.8) is 0 Å². The summed E-state index contributed by atoms with van der Waals surface area (Å²) in [5, 5.41) is 0. The summed E-state index contributed by atoms with van der Waals surface area (Å²) in [6.45, 7) is 0. The van der Waals surface area contributed by atoms with Crippen LogP contribution < -0.4 is 4.74 Å². The van der Waals surface area contributed by atoms with Gasteiger partial charge in [0, 0.05) is 12.8 Å². The number of hydrogen-bond acceptors (Lipinski definition) is 2. The van der Waals surface area contributed by atoms with Crippen molar-refractivity contribution in [2.75, 3.05) is 0 Å². The minimum atomic E-state index is 0.381. The van der Waals surface area contributed by atoms with Crippen molar-refractivity contribution in [2.45, 2.75) is 31.2 Å². The molecule has 2 aliphatic rings. The number of fused-ring (bicyclic) bond motifs is 1. The van der Waals surface area contributed by atoms with Crippen LogP contribution in [0.5, 0.6) is 5.75 Å². The first-order valence-electron chi connectivity index (χ1n) is 4.79. The molecule has 3 rings (SSSR count). The van der Waals surface area contributed by atoms with Crippen LogP contribution in [0.25, 0.3) is 0 Å². The standard InChI is InChI=1S/C11H12O2/c1-2-4-8(5-3-1)12-9-6-10-11(7-9)13-10/h1-5,9-11H,6-7H2/t9?,10-,11+. The zero-order valence-electron chi connectivity index (χ0n) is 7.35. The Labute approximate surface area is 77.5 Å². The Balaban J connectivity index is 1.63. The minimum Gasteiger partial charge on any atom is -0.490 e. The van der Waals surface area contributed by atoms with Crippen molar-refractivity contribution in [1.82, 2.24) is 0 Å². The van der Waals surface area contributed by atoms with Gasteiger partial charge in [0.2, 0.25) is 0 Å². The highest BCUT2D eigenvalue weighted by Crippen LogP contribution is 2.39. The third-order valence-electron chi connectivity index (χ3n) is 2.72. The molecule has 1 aromatic rings. The first-order valence-corrected chi connectivity index (χ1v) is 4.79. The fraction of sp³-hybridized carbons (Fsp3) is 0.455. The highest BCUT2D eigenvalue weighted by molar-refractivity contribution is 5.21. The number of hydrogen-bond donors (Lipinski definition) is 0. The molecule has 0 bridgehead atoms. The van der Waals surface area contributed by atoms with Gasteiger partial charge in [-0.3, -0.25) is 0 Å². The molecule has 0 radical (unpaired) electrons. The Morgan fingerprint density at radius 1 is 1.08 bits per heavy atom. The van der Waals surface area contributed by atoms with E-state index in [0.29, 0.717) is 18.3 Å². The SMILES string of the molecule is c1ccc(OC2C[C@@H]3O[C@@H]3C2)cc1. The molecule has 0 amide bonds. The Morgan fingerprint density at radius 2 is 1.77 bits per heavy atom. The molecule has 2 nitrogen and oxygen atoms in total. The van der Waals surface area contributed by atoms with E-state index >= 15 is 0 Å². The van der Waals surface area contributed by atoms with Gasteiger partial charge in [0.1, 0.15) is 11.9 Å². The lowest BCUT2D eigenvalue weighted by Crippen LogP contribution is -2.14. The van der Waals surface area contributed by atoms with Gasteiger partial charge in [-0.25, -0.2) is 0 Å². The predicted molar refractivity (Wildman–Crippen MR) is 48.8 cm³/mol. The van der Waals surface area contributed by atoms with E-state index in [-0.39, 0.29) is 0 Å². The summed E-state index contributed by atoms with van der Waals surface area (Å²) in [4.78, 5) is 0. The van der Waals surface area contributed by atoms with Crippen LogP contribution in [0.2, 0.25) is 0 Å². The highest BCUT2D eigenvalue weighted by atomic mass is 16.6. The number of benzene rings is 1. The maximum Gasteiger partial charge on any atom is 0.119 e. The lowest BCUT2D eigenvalue weighted by Gasteiger charge is -2.14. The predicted octanol–water partition coefficient (Wildman–Crippen LogP) is 2.00. The van der Waals surface area contributed by atoms with Crippen LogP contribution in [-0.2, 0) is 4.74 Å². The van der Waals surface area contributed by atoms with E-state index in [2.05, 4.69) is 0 Å². The van der Waals surface area contributed by atoms with Gasteiger partial charge in [0.15, 0.2) is 0 Å². The summed E-state index contributed by atoms with van der Waals surface area (Å²) in [5.74, 6) is 0.980. The molecule has 3 atom stereocenters. The number of para-hydroxylation sites is 1. The molecule has 0 aromatic heterocycles. The maximum atomic E-state index is 5.80. The Hall–Kier alpha value is -1.02. The van der Waals surface area contributed by atoms with Gasteiger partial charge in [-0.1, -0.05) is 18.2 Å². The van der Waals surface area contributed by atoms with Crippen LogP contribution in [-0.4, -0.2) is 18.3 Å². The van der Waals surface area contributed by atoms with Crippen molar-refractivity contribution in [3.8, 4) is 5.75 Å². The molecular formula is C11H12O2. The van der Waals surface area contributed by atoms with Crippen LogP contribution in [0.15, 0.2) is 30.3 Å². The molecule has 1 heterocycles. The normalized spacial score (nSPS) is 35.5. The van der Waals surface area contributed by atoms with E-state index in [1.165, 1.54) is 0 Å². The first kappa shape index (κ1) is 7.39. The number of ether oxygens (including phenoxy) is 2. The first-order chi connectivity index (χ1) is 6.42. The van der Waals surface area contributed by atoms with Crippen LogP contribution in [0.3, 0.4) is 0 Å². The van der Waals surface area contributed by atoms with Crippen molar-refractivity contribution in [3.05, 3.63) is 30.3 Å². The molecule has 1 saturated heterocycles. The summed E-state index contributed by atoms with van der Waals surface area (Å²) >= 11 is 0. The molecule has 0 N–H and O–H groups in total. The Bertz CT molecular complexity index is 286. The van der Waals surface area contributed by atoms with E-state index in [1.807, 2.05) is 30.3 Å². The molecule has 1 aliphatic carbocycles. The fourth-order valence-electron chi connectivity index (χ4n) is 2.00. The van der Waals surface area contributed by atoms with Crippen LogP contribution >= 0.6 is 0 Å². The van der Waals surface area contributed by atoms with Crippen molar-refractivity contribution < 1.29 is 9.47 Å². The lowest BCUT2D eigenvalue weighted by molar-refractivity contribution is 0.150. The van der Waals surface area contributed by atoms with Gasteiger partial charge in [-0.15, -0.1) is 0 Å². The van der Waals surface area contributed by atoms with E-state index < -0.39 is 0 Å². The summed E-state index contributed by atoms with van der Waals surface area (Å²) in [6, 6.07) is 10.0. The second-order valence-electron chi connectivity index (χ2n) is 3.74. The topological polar surface area (TPSA) is 21.8 Å². The summed E-state index contributed by atoms with van der Waals surface area (Å²) in [6.07, 6.45) is 3.53. The quantitative estimate of drug-likeness (QED) is 0.643. The molecule has 2 fully saturated rings. The van der Waals surface area contributed by atoms with Crippen molar-refractivity contribution in [1.29, 1.82) is 0 Å². The second-order valence-corrected chi connectivity index (χ2v) is 3.74. The fourth-order valence-corrected chi connectivity index (χ4v) is 2.00. The van der Waals surface area contributed by atoms with Crippen LogP contribution in [0.4, 0.5) is 0 Å². The van der Waals surface area contributed by atoms with Crippen LogP contribution in [0.1, 0.15) is 12.8 Å². The largest absolute Gasteiger partial charge is 0.490 e. The monoisotopic (exact) mass is 176 g/mol. The molecule has 1 aliphatic heterocycles. The van der Waals surface area contributed by atoms with Gasteiger partial charge in [0.05, 0.1) is 12.2 Å². The lowest BCUT2D eigenvalue weighted by atomic mass is 10.3. The third kappa shape index (κ3) is 1.42. The molecule has 68 valence electrons. The second kappa shape index (κ2) is 2.74. The zero-order chi connectivity index (χ0) is 8.67. The van der Waals surface area contributed by atoms with Gasteiger partial charge in [-0.2, -0.15) is 0 Å². The van der Waals surface area contributed by atoms with E-state index in [9.17, 15) is 0 Å². The average molecular weight is 176 g/mol. The summed E-state index contributed by atoms with van der Waals surface area (Å²) in [5.41, 5.74) is 0. The Morgan fingerprint density at radius 3 is 2.46 bits per heavy atom. The molecule has 0 spiro atoms. The number of rotatable bonds is 2. The molecular weight excluding hydrogens is 164 g/mol. The average Bonchev–Trinajstić information content (AvgIpc) is 2.76. The van der Waals surface area contributed by atoms with Gasteiger partial charge in [-0.05, 0) is 12.1 Å². The van der Waals surface area contributed by atoms with E-state index in [0.717, 1.165) is 18.6 Å². The smallest absolute Gasteiger partial charge is 0.119 e. The summed E-state index contributed by atoms with van der Waals surface area (Å²) in [7, 11) is 0. The number of epoxide rings is 1. The van der Waals surface area contributed by atoms with Crippen LogP contribution in [0, 0.1) is 0 Å². The van der Waals surface area contributed by atoms with E-state index in [4.69, 9.17) is 9.47 Å². The van der Waals surface area contributed by atoms with Gasteiger partial charge >= 0.3 is 0 Å². The van der Waals surface area contributed by atoms with E-state index in [1.54, 1.807) is 0 Å². The maximum absolute atomic E-state index is 5.80. The highest BCUT2D eigenvalue weighted by Gasteiger charge is 2.48. The summed E-state index contributed by atoms with van der Waals surface area (Å²) < 4.78 is 11.1. The van der Waals surface area contributed by atoms with Gasteiger partial charge < -0.3 is 9.47 Å². The molecule has 13 heavy (non-hydrogen) atoms. The molecule has 1 unspecified atom stereocenters. The third-order valence-corrected chi connectivity index (χ3v) is 2.72. The molecule has 2 heteroatoms. The molecule has 1 aromatic carbocycles. The Kier molecular flexibility index (Phi) is 1.56.